The van der Waals surface area contributed by atoms with Crippen molar-refractivity contribution in [2.45, 2.75) is 25.7 Å². The van der Waals surface area contributed by atoms with Gasteiger partial charge in [0, 0.05) is 12.6 Å². The number of fused-ring (bicyclic) bond motifs is 1. The van der Waals surface area contributed by atoms with Gasteiger partial charge < -0.3 is 0 Å². The SMILES string of the molecule is Cc1ccnc(C(=O)CC2Cc3ccccc32)c1. The van der Waals surface area contributed by atoms with E-state index in [0.717, 1.165) is 12.0 Å². The van der Waals surface area contributed by atoms with Crippen molar-refractivity contribution in [3.05, 3.63) is 65.0 Å². The van der Waals surface area contributed by atoms with Gasteiger partial charge in [0.05, 0.1) is 0 Å². The van der Waals surface area contributed by atoms with E-state index in [-0.39, 0.29) is 5.78 Å². The average molecular weight is 237 g/mol. The third-order valence-corrected chi connectivity index (χ3v) is 3.59. The first-order valence-corrected chi connectivity index (χ1v) is 6.27. The molecule has 1 aliphatic rings. The van der Waals surface area contributed by atoms with E-state index in [2.05, 4.69) is 23.2 Å². The summed E-state index contributed by atoms with van der Waals surface area (Å²) in [6.45, 7) is 1.98. The number of carbonyl (C=O) groups excluding carboxylic acids is 1. The van der Waals surface area contributed by atoms with Crippen LogP contribution in [0.4, 0.5) is 0 Å². The van der Waals surface area contributed by atoms with Crippen LogP contribution in [-0.2, 0) is 6.42 Å². The third kappa shape index (κ3) is 1.94. The van der Waals surface area contributed by atoms with Gasteiger partial charge in [-0.2, -0.15) is 0 Å². The predicted molar refractivity (Wildman–Crippen MR) is 70.8 cm³/mol. The number of pyridine rings is 1. The summed E-state index contributed by atoms with van der Waals surface area (Å²) in [5.41, 5.74) is 4.40. The molecule has 1 unspecified atom stereocenters. The van der Waals surface area contributed by atoms with Gasteiger partial charge in [-0.05, 0) is 48.1 Å². The molecule has 2 aromatic rings. The number of ketones is 1. The molecule has 0 saturated heterocycles. The van der Waals surface area contributed by atoms with E-state index < -0.39 is 0 Å². The number of hydrogen-bond acceptors (Lipinski definition) is 2. The quantitative estimate of drug-likeness (QED) is 0.767. The Morgan fingerprint density at radius 2 is 2.17 bits per heavy atom. The Morgan fingerprint density at radius 1 is 1.33 bits per heavy atom. The number of carbonyl (C=O) groups is 1. The normalized spacial score (nSPS) is 16.8. The first-order chi connectivity index (χ1) is 8.74. The highest BCUT2D eigenvalue weighted by atomic mass is 16.1. The average Bonchev–Trinajstić information content (AvgIpc) is 2.36. The number of aryl methyl sites for hydroxylation is 1. The third-order valence-electron chi connectivity index (χ3n) is 3.59. The minimum atomic E-state index is 0.151. The molecule has 90 valence electrons. The van der Waals surface area contributed by atoms with Crippen molar-refractivity contribution in [3.63, 3.8) is 0 Å². The summed E-state index contributed by atoms with van der Waals surface area (Å²) in [6.07, 6.45) is 3.30. The number of benzene rings is 1. The molecule has 18 heavy (non-hydrogen) atoms. The zero-order valence-electron chi connectivity index (χ0n) is 10.4. The highest BCUT2D eigenvalue weighted by Crippen LogP contribution is 2.37. The summed E-state index contributed by atoms with van der Waals surface area (Å²) >= 11 is 0. The molecule has 1 heterocycles. The van der Waals surface area contributed by atoms with Crippen molar-refractivity contribution < 1.29 is 4.79 Å². The molecule has 0 N–H and O–H groups in total. The van der Waals surface area contributed by atoms with Crippen molar-refractivity contribution in [1.29, 1.82) is 0 Å². The standard InChI is InChI=1S/C16H15NO/c1-11-6-7-17-15(8-11)16(18)10-13-9-12-4-2-3-5-14(12)13/h2-8,13H,9-10H2,1H3. The van der Waals surface area contributed by atoms with Gasteiger partial charge in [0.2, 0.25) is 0 Å². The summed E-state index contributed by atoms with van der Waals surface area (Å²) in [5, 5.41) is 0. The maximum atomic E-state index is 12.1. The summed E-state index contributed by atoms with van der Waals surface area (Å²) in [4.78, 5) is 16.3. The zero-order chi connectivity index (χ0) is 12.5. The fourth-order valence-electron chi connectivity index (χ4n) is 2.56. The van der Waals surface area contributed by atoms with Crippen molar-refractivity contribution in [3.8, 4) is 0 Å². The van der Waals surface area contributed by atoms with Crippen LogP contribution >= 0.6 is 0 Å². The van der Waals surface area contributed by atoms with Gasteiger partial charge in [0.15, 0.2) is 5.78 Å². The molecule has 0 bridgehead atoms. The molecular weight excluding hydrogens is 222 g/mol. The van der Waals surface area contributed by atoms with Gasteiger partial charge in [-0.15, -0.1) is 0 Å². The second-order valence-corrected chi connectivity index (χ2v) is 4.95. The Kier molecular flexibility index (Phi) is 2.71. The van der Waals surface area contributed by atoms with E-state index in [1.165, 1.54) is 11.1 Å². The predicted octanol–water partition coefficient (Wildman–Crippen LogP) is 3.30. The molecule has 1 aromatic heterocycles. The molecular formula is C16H15NO. The van der Waals surface area contributed by atoms with Crippen LogP contribution < -0.4 is 0 Å². The lowest BCUT2D eigenvalue weighted by atomic mass is 9.75. The summed E-state index contributed by atoms with van der Waals surface area (Å²) in [7, 11) is 0. The smallest absolute Gasteiger partial charge is 0.181 e. The Bertz CT molecular complexity index is 604. The number of hydrogen-bond donors (Lipinski definition) is 0. The lowest BCUT2D eigenvalue weighted by Crippen LogP contribution is -2.20. The lowest BCUT2D eigenvalue weighted by Gasteiger charge is -2.29. The van der Waals surface area contributed by atoms with Crippen molar-refractivity contribution in [2.75, 3.05) is 0 Å². The fraction of sp³-hybridized carbons (Fsp3) is 0.250. The molecule has 0 aliphatic heterocycles. The van der Waals surface area contributed by atoms with Crippen molar-refractivity contribution in [2.24, 2.45) is 0 Å². The van der Waals surface area contributed by atoms with E-state index in [4.69, 9.17) is 0 Å². The minimum absolute atomic E-state index is 0.151. The first-order valence-electron chi connectivity index (χ1n) is 6.27. The van der Waals surface area contributed by atoms with Crippen LogP contribution in [0.25, 0.3) is 0 Å². The van der Waals surface area contributed by atoms with Gasteiger partial charge in [0.25, 0.3) is 0 Å². The second-order valence-electron chi connectivity index (χ2n) is 4.95. The molecule has 0 radical (unpaired) electrons. The molecule has 0 amide bonds. The van der Waals surface area contributed by atoms with Crippen LogP contribution in [0.2, 0.25) is 0 Å². The van der Waals surface area contributed by atoms with Gasteiger partial charge in [-0.3, -0.25) is 9.78 Å². The van der Waals surface area contributed by atoms with Gasteiger partial charge in [-0.1, -0.05) is 24.3 Å². The van der Waals surface area contributed by atoms with Gasteiger partial charge >= 0.3 is 0 Å². The van der Waals surface area contributed by atoms with Crippen LogP contribution in [0.5, 0.6) is 0 Å². The van der Waals surface area contributed by atoms with Crippen LogP contribution in [-0.4, -0.2) is 10.8 Å². The summed E-state index contributed by atoms with van der Waals surface area (Å²) in [5.74, 6) is 0.536. The summed E-state index contributed by atoms with van der Waals surface area (Å²) < 4.78 is 0. The number of nitrogens with zero attached hydrogens (tertiary/aromatic N) is 1. The van der Waals surface area contributed by atoms with E-state index in [0.29, 0.717) is 18.0 Å². The van der Waals surface area contributed by atoms with Gasteiger partial charge in [0.1, 0.15) is 5.69 Å². The Balaban J connectivity index is 1.74. The highest BCUT2D eigenvalue weighted by molar-refractivity contribution is 5.95. The zero-order valence-corrected chi connectivity index (χ0v) is 10.4. The molecule has 0 saturated carbocycles. The highest BCUT2D eigenvalue weighted by Gasteiger charge is 2.27. The van der Waals surface area contributed by atoms with Crippen LogP contribution in [0.1, 0.15) is 39.5 Å². The number of rotatable bonds is 3. The summed E-state index contributed by atoms with van der Waals surface area (Å²) in [6, 6.07) is 12.1. The molecule has 0 fully saturated rings. The second kappa shape index (κ2) is 4.37. The molecule has 2 heteroatoms. The molecule has 3 rings (SSSR count). The lowest BCUT2D eigenvalue weighted by molar-refractivity contribution is 0.0965. The molecule has 1 atom stereocenters. The minimum Gasteiger partial charge on any atom is -0.292 e. The Morgan fingerprint density at radius 3 is 2.94 bits per heavy atom. The van der Waals surface area contributed by atoms with Crippen molar-refractivity contribution in [1.82, 2.24) is 4.98 Å². The molecule has 2 nitrogen and oxygen atoms in total. The molecule has 1 aromatic carbocycles. The molecule has 0 spiro atoms. The maximum Gasteiger partial charge on any atom is 0.181 e. The van der Waals surface area contributed by atoms with E-state index >= 15 is 0 Å². The van der Waals surface area contributed by atoms with E-state index in [9.17, 15) is 4.79 Å². The van der Waals surface area contributed by atoms with Crippen LogP contribution in [0, 0.1) is 6.92 Å². The van der Waals surface area contributed by atoms with Crippen LogP contribution in [0.15, 0.2) is 42.6 Å². The Hall–Kier alpha value is -1.96. The van der Waals surface area contributed by atoms with Crippen LogP contribution in [0.3, 0.4) is 0 Å². The molecule has 1 aliphatic carbocycles. The maximum absolute atomic E-state index is 12.1. The van der Waals surface area contributed by atoms with Gasteiger partial charge in [-0.25, -0.2) is 0 Å². The largest absolute Gasteiger partial charge is 0.292 e. The topological polar surface area (TPSA) is 30.0 Å². The monoisotopic (exact) mass is 237 g/mol. The van der Waals surface area contributed by atoms with Crippen molar-refractivity contribution >= 4 is 5.78 Å². The fourth-order valence-corrected chi connectivity index (χ4v) is 2.56. The Labute approximate surface area is 107 Å². The first kappa shape index (κ1) is 11.1. The number of Topliss-reactive ketones (excluding diaryl/α,β-unsaturated/α-hetero) is 1. The van der Waals surface area contributed by atoms with E-state index in [1.807, 2.05) is 25.1 Å². The van der Waals surface area contributed by atoms with E-state index in [1.54, 1.807) is 6.20 Å². The number of aromatic nitrogens is 1.